The van der Waals surface area contributed by atoms with Crippen LogP contribution >= 0.6 is 11.9 Å². The molecule has 0 bridgehead atoms. The first-order valence-electron chi connectivity index (χ1n) is 14.6. The molecule has 1 saturated heterocycles. The monoisotopic (exact) mass is 622 g/mol. The first-order valence-corrected chi connectivity index (χ1v) is 15.3. The minimum Gasteiger partial charge on any atom is -0.508 e. The Balaban J connectivity index is 0.000000584. The van der Waals surface area contributed by atoms with Crippen molar-refractivity contribution in [2.75, 3.05) is 40.3 Å². The number of aromatic hydroxyl groups is 1. The zero-order chi connectivity index (χ0) is 31.2. The van der Waals surface area contributed by atoms with Crippen molar-refractivity contribution in [3.05, 3.63) is 83.9 Å². The second-order valence-corrected chi connectivity index (χ2v) is 12.3. The molecule has 2 heterocycles. The number of carbonyl (C=O) groups is 1. The summed E-state index contributed by atoms with van der Waals surface area (Å²) in [6.45, 7) is 4.05. The van der Waals surface area contributed by atoms with Crippen LogP contribution in [0.3, 0.4) is 0 Å². The van der Waals surface area contributed by atoms with E-state index in [1.54, 1.807) is 18.0 Å². The van der Waals surface area contributed by atoms with Crippen LogP contribution in [-0.2, 0) is 4.79 Å². The second-order valence-electron chi connectivity index (χ2n) is 11.0. The Morgan fingerprint density at radius 3 is 2.39 bits per heavy atom. The van der Waals surface area contributed by atoms with E-state index in [0.717, 1.165) is 56.0 Å². The fourth-order valence-electron chi connectivity index (χ4n) is 5.58. The Morgan fingerprint density at radius 2 is 1.70 bits per heavy atom. The second kappa shape index (κ2) is 14.3. The van der Waals surface area contributed by atoms with Crippen LogP contribution in [0, 0.1) is 0 Å². The normalized spacial score (nSPS) is 16.1. The number of phenols is 1. The summed E-state index contributed by atoms with van der Waals surface area (Å²) in [6.07, 6.45) is 0.439. The van der Waals surface area contributed by atoms with Gasteiger partial charge >= 0.3 is 12.4 Å². The van der Waals surface area contributed by atoms with Crippen molar-refractivity contribution in [3.8, 4) is 28.4 Å². The van der Waals surface area contributed by atoms with Crippen molar-refractivity contribution >= 4 is 28.7 Å². The lowest BCUT2D eigenvalue weighted by Crippen LogP contribution is -2.33. The number of nitrogens with zero attached hydrogens (tertiary/aromatic N) is 2. The van der Waals surface area contributed by atoms with Crippen LogP contribution in [-0.4, -0.2) is 72.1 Å². The predicted octanol–water partition coefficient (Wildman–Crippen LogP) is 7.46. The average molecular weight is 623 g/mol. The molecular weight excluding hydrogens is 586 g/mol. The highest BCUT2D eigenvalue weighted by atomic mass is 32.2. The SMILES string of the molecule is CN(C)Sc1ccc2c(c1)OC(c1ccc(OCCN3CCCCC3)cc1)c1c-2ccc2cc(O)ccc12.O=C(O)C(F)F. The fraction of sp³-hybridized carbons (Fsp3) is 0.324. The van der Waals surface area contributed by atoms with E-state index in [2.05, 4.69) is 63.8 Å². The van der Waals surface area contributed by atoms with Gasteiger partial charge in [0, 0.05) is 22.6 Å². The Labute approximate surface area is 260 Å². The van der Waals surface area contributed by atoms with Gasteiger partial charge in [0.2, 0.25) is 0 Å². The van der Waals surface area contributed by atoms with Crippen LogP contribution in [0.1, 0.15) is 36.5 Å². The van der Waals surface area contributed by atoms with Crippen LogP contribution < -0.4 is 9.47 Å². The van der Waals surface area contributed by atoms with Crippen molar-refractivity contribution in [2.45, 2.75) is 36.7 Å². The van der Waals surface area contributed by atoms with Gasteiger partial charge in [-0.2, -0.15) is 8.78 Å². The quantitative estimate of drug-likeness (QED) is 0.196. The number of fused-ring (bicyclic) bond motifs is 5. The Morgan fingerprint density at radius 1 is 1.00 bits per heavy atom. The number of likely N-dealkylation sites (tertiary alicyclic amines) is 1. The topological polar surface area (TPSA) is 82.5 Å². The van der Waals surface area contributed by atoms with Crippen LogP contribution in [0.15, 0.2) is 77.7 Å². The van der Waals surface area contributed by atoms with E-state index in [1.807, 2.05) is 26.2 Å². The highest BCUT2D eigenvalue weighted by Gasteiger charge is 2.30. The Hall–Kier alpha value is -3.86. The van der Waals surface area contributed by atoms with Gasteiger partial charge in [-0.1, -0.05) is 36.8 Å². The van der Waals surface area contributed by atoms with Gasteiger partial charge in [0.1, 0.15) is 23.9 Å². The first kappa shape index (κ1) is 31.6. The van der Waals surface area contributed by atoms with Gasteiger partial charge in [-0.3, -0.25) is 9.21 Å². The number of benzene rings is 4. The molecule has 0 radical (unpaired) electrons. The van der Waals surface area contributed by atoms with Crippen molar-refractivity contribution in [3.63, 3.8) is 0 Å². The number of piperidine rings is 1. The number of phenolic OH excluding ortho intramolecular Hbond substituents is 1. The Bertz CT molecular complexity index is 1590. The third-order valence-electron chi connectivity index (χ3n) is 7.58. The zero-order valence-electron chi connectivity index (χ0n) is 24.7. The maximum absolute atomic E-state index is 10.6. The van der Waals surface area contributed by atoms with Gasteiger partial charge in [0.15, 0.2) is 6.10 Å². The molecule has 0 spiro atoms. The number of carboxylic acids is 1. The Kier molecular flexibility index (Phi) is 10.2. The standard InChI is InChI=1S/C32H34N2O3S.C2H2F2O2/c1-33(2)38-26-12-15-28-29-13-8-23-20-24(35)9-14-27(23)31(29)32(37-30(28)21-26)22-6-10-25(11-7-22)36-19-18-34-16-4-3-5-17-34;3-1(4)2(5)6/h6-15,20-21,32,35H,3-5,16-19H2,1-2H3;1H,(H,5,6). The molecule has 1 fully saturated rings. The van der Waals surface area contributed by atoms with Gasteiger partial charge in [-0.15, -0.1) is 0 Å². The molecular formula is C34H36F2N2O5S. The summed E-state index contributed by atoms with van der Waals surface area (Å²) >= 11 is 1.68. The minimum atomic E-state index is -3.23. The van der Waals surface area contributed by atoms with Crippen LogP contribution in [0.2, 0.25) is 0 Å². The van der Waals surface area contributed by atoms with E-state index in [1.165, 1.54) is 32.4 Å². The molecule has 2 aliphatic rings. The van der Waals surface area contributed by atoms with Crippen molar-refractivity contribution in [2.24, 2.45) is 0 Å². The van der Waals surface area contributed by atoms with E-state index in [9.17, 15) is 13.9 Å². The molecule has 1 atom stereocenters. The van der Waals surface area contributed by atoms with Crippen LogP contribution in [0.4, 0.5) is 8.78 Å². The van der Waals surface area contributed by atoms with Crippen LogP contribution in [0.5, 0.6) is 17.2 Å². The molecule has 4 aromatic rings. The smallest absolute Gasteiger partial charge is 0.371 e. The van der Waals surface area contributed by atoms with Gasteiger partial charge in [0.25, 0.3) is 0 Å². The van der Waals surface area contributed by atoms with E-state index in [4.69, 9.17) is 19.4 Å². The summed E-state index contributed by atoms with van der Waals surface area (Å²) in [7, 11) is 4.08. The third-order valence-corrected chi connectivity index (χ3v) is 8.41. The third kappa shape index (κ3) is 7.61. The summed E-state index contributed by atoms with van der Waals surface area (Å²) in [4.78, 5) is 12.6. The van der Waals surface area contributed by atoms with Gasteiger partial charge in [-0.25, -0.2) is 4.79 Å². The van der Waals surface area contributed by atoms with Crippen molar-refractivity contribution in [1.82, 2.24) is 9.21 Å². The summed E-state index contributed by atoms with van der Waals surface area (Å²) in [5.41, 5.74) is 4.46. The molecule has 2 N–H and O–H groups in total. The minimum absolute atomic E-state index is 0.266. The predicted molar refractivity (Wildman–Crippen MR) is 169 cm³/mol. The number of ether oxygens (including phenoxy) is 2. The molecule has 232 valence electrons. The largest absolute Gasteiger partial charge is 0.508 e. The van der Waals surface area contributed by atoms with Crippen LogP contribution in [0.25, 0.3) is 21.9 Å². The average Bonchev–Trinajstić information content (AvgIpc) is 3.01. The maximum Gasteiger partial charge on any atom is 0.371 e. The number of alkyl halides is 2. The summed E-state index contributed by atoms with van der Waals surface area (Å²) < 4.78 is 36.1. The maximum atomic E-state index is 10.6. The van der Waals surface area contributed by atoms with E-state index in [0.29, 0.717) is 6.61 Å². The van der Waals surface area contributed by atoms with E-state index in [-0.39, 0.29) is 11.9 Å². The molecule has 0 aliphatic carbocycles. The van der Waals surface area contributed by atoms with Gasteiger partial charge in [0.05, 0.1) is 0 Å². The molecule has 6 rings (SSSR count). The lowest BCUT2D eigenvalue weighted by atomic mass is 9.86. The molecule has 2 aliphatic heterocycles. The van der Waals surface area contributed by atoms with Gasteiger partial charge in [-0.05, 0) is 116 Å². The number of carboxylic acid groups (broad SMARTS) is 1. The van der Waals surface area contributed by atoms with Crippen molar-refractivity contribution in [1.29, 1.82) is 0 Å². The molecule has 44 heavy (non-hydrogen) atoms. The number of rotatable bonds is 8. The van der Waals surface area contributed by atoms with E-state index < -0.39 is 12.4 Å². The highest BCUT2D eigenvalue weighted by Crippen LogP contribution is 2.49. The molecule has 0 aromatic heterocycles. The molecule has 0 saturated carbocycles. The van der Waals surface area contributed by atoms with Crippen molar-refractivity contribution < 1.29 is 33.3 Å². The summed E-state index contributed by atoms with van der Waals surface area (Å²) in [5, 5.41) is 19.4. The summed E-state index contributed by atoms with van der Waals surface area (Å²) in [5.74, 6) is -0.0402. The molecule has 0 amide bonds. The molecule has 4 aromatic carbocycles. The molecule has 10 heteroatoms. The van der Waals surface area contributed by atoms with Gasteiger partial charge < -0.3 is 19.7 Å². The number of aliphatic carboxylic acids is 1. The first-order chi connectivity index (χ1) is 21.2. The zero-order valence-corrected chi connectivity index (χ0v) is 25.5. The lowest BCUT2D eigenvalue weighted by molar-refractivity contribution is -0.149. The summed E-state index contributed by atoms with van der Waals surface area (Å²) in [6, 6.07) is 24.6. The number of halogens is 2. The lowest BCUT2D eigenvalue weighted by Gasteiger charge is -2.31. The molecule has 7 nitrogen and oxygen atoms in total. The fourth-order valence-corrected chi connectivity index (χ4v) is 6.29. The molecule has 1 unspecified atom stereocenters. The number of hydrogen-bond acceptors (Lipinski definition) is 7. The number of hydrogen-bond donors (Lipinski definition) is 2. The highest BCUT2D eigenvalue weighted by molar-refractivity contribution is 7.97. The van der Waals surface area contributed by atoms with E-state index >= 15 is 0 Å².